The summed E-state index contributed by atoms with van der Waals surface area (Å²) in [5, 5.41) is 13.6. The molecule has 2 aromatic carbocycles. The molecule has 1 aliphatic heterocycles. The predicted octanol–water partition coefficient (Wildman–Crippen LogP) is 5.26. The van der Waals surface area contributed by atoms with Crippen molar-refractivity contribution in [3.8, 4) is 17.2 Å². The third-order valence-corrected chi connectivity index (χ3v) is 7.13. The van der Waals surface area contributed by atoms with E-state index in [9.17, 15) is 19.1 Å². The van der Waals surface area contributed by atoms with Gasteiger partial charge in [0.2, 0.25) is 5.88 Å². The molecule has 210 valence electrons. The quantitative estimate of drug-likeness (QED) is 0.340. The number of para-hydroxylation sites is 1. The number of nitrogens with zero attached hydrogens (tertiary/aromatic N) is 3. The Morgan fingerprint density at radius 3 is 2.73 bits per heavy atom. The maximum atomic E-state index is 13.7. The Morgan fingerprint density at radius 2 is 2.00 bits per heavy atom. The molecule has 0 unspecified atom stereocenters. The zero-order valence-electron chi connectivity index (χ0n) is 22.5. The molecular formula is C30H33FN4O5. The standard InChI is InChI=1S/C30H31FN4O5.H2/c1-18-15-35(19(2)17-36)29(37)24-12-21(26-13-20-6-4-5-7-25(20)39-26)14-32-28(24)40-27(18)16-34(3)30(38)33-23-10-8-22(31)9-11-23;/h4-14,18-19,27,36H,15-17H2,1-3H3,(H,33,38);1H/t18-,19+,27-;/m0./s1. The molecule has 0 aliphatic carbocycles. The molecule has 0 fully saturated rings. The number of fused-ring (bicyclic) bond motifs is 2. The smallest absolute Gasteiger partial charge is 0.321 e. The topological polar surface area (TPSA) is 108 Å². The summed E-state index contributed by atoms with van der Waals surface area (Å²) in [4.78, 5) is 34.2. The van der Waals surface area contributed by atoms with Crippen molar-refractivity contribution < 1.29 is 29.7 Å². The molecule has 0 spiro atoms. The second-order valence-corrected chi connectivity index (χ2v) is 10.2. The van der Waals surface area contributed by atoms with Crippen LogP contribution in [-0.2, 0) is 0 Å². The van der Waals surface area contributed by atoms with Gasteiger partial charge in [-0.15, -0.1) is 0 Å². The fraction of sp³-hybridized carbons (Fsp3) is 0.300. The molecule has 0 radical (unpaired) electrons. The van der Waals surface area contributed by atoms with Crippen LogP contribution in [0, 0.1) is 11.7 Å². The summed E-state index contributed by atoms with van der Waals surface area (Å²) in [6, 6.07) is 15.9. The number of pyridine rings is 1. The van der Waals surface area contributed by atoms with Gasteiger partial charge in [-0.25, -0.2) is 14.2 Å². The molecule has 2 aromatic heterocycles. The second-order valence-electron chi connectivity index (χ2n) is 10.2. The number of hydrogen-bond acceptors (Lipinski definition) is 6. The van der Waals surface area contributed by atoms with E-state index in [1.54, 1.807) is 31.1 Å². The third-order valence-electron chi connectivity index (χ3n) is 7.13. The lowest BCUT2D eigenvalue weighted by Crippen LogP contribution is -2.50. The Balaban J connectivity index is 0.00000387. The van der Waals surface area contributed by atoms with Gasteiger partial charge in [-0.2, -0.15) is 0 Å². The van der Waals surface area contributed by atoms with E-state index in [0.29, 0.717) is 23.6 Å². The number of amides is 3. The average Bonchev–Trinajstić information content (AvgIpc) is 3.40. The molecule has 1 aliphatic rings. The molecule has 2 N–H and O–H groups in total. The fourth-order valence-corrected chi connectivity index (χ4v) is 4.68. The van der Waals surface area contributed by atoms with Crippen LogP contribution in [0.25, 0.3) is 22.3 Å². The van der Waals surface area contributed by atoms with E-state index >= 15 is 0 Å². The summed E-state index contributed by atoms with van der Waals surface area (Å²) in [7, 11) is 1.63. The SMILES string of the molecule is C[C@H](CO)N1C[C@H](C)[C@H](CN(C)C(=O)Nc2ccc(F)cc2)Oc2ncc(-c3cc4ccccc4o3)cc2C1=O.[HH]. The average molecular weight is 549 g/mol. The van der Waals surface area contributed by atoms with Crippen LogP contribution in [0.1, 0.15) is 25.6 Å². The van der Waals surface area contributed by atoms with E-state index in [-0.39, 0.29) is 37.8 Å². The number of furan rings is 1. The number of rotatable bonds is 6. The highest BCUT2D eigenvalue weighted by molar-refractivity contribution is 5.98. The molecular weight excluding hydrogens is 515 g/mol. The van der Waals surface area contributed by atoms with Gasteiger partial charge in [-0.3, -0.25) is 4.79 Å². The summed E-state index contributed by atoms with van der Waals surface area (Å²) in [6.07, 6.45) is 1.08. The van der Waals surface area contributed by atoms with Crippen molar-refractivity contribution in [1.82, 2.24) is 14.8 Å². The molecule has 5 rings (SSSR count). The Labute approximate surface area is 232 Å². The van der Waals surface area contributed by atoms with E-state index in [4.69, 9.17) is 9.15 Å². The van der Waals surface area contributed by atoms with Crippen LogP contribution in [0.5, 0.6) is 5.88 Å². The van der Waals surface area contributed by atoms with Gasteiger partial charge in [0.25, 0.3) is 5.91 Å². The monoisotopic (exact) mass is 548 g/mol. The highest BCUT2D eigenvalue weighted by Gasteiger charge is 2.35. The summed E-state index contributed by atoms with van der Waals surface area (Å²) in [5.74, 6) is -0.202. The molecule has 10 heteroatoms. The normalized spacial score (nSPS) is 17.9. The molecule has 9 nitrogen and oxygen atoms in total. The number of likely N-dealkylation sites (N-methyl/N-ethyl adjacent to an activating group) is 1. The lowest BCUT2D eigenvalue weighted by Gasteiger charge is -2.37. The number of carbonyl (C=O) groups excluding carboxylic acids is 2. The van der Waals surface area contributed by atoms with Gasteiger partial charge < -0.3 is 29.4 Å². The first-order chi connectivity index (χ1) is 19.2. The van der Waals surface area contributed by atoms with Gasteiger partial charge in [-0.1, -0.05) is 25.1 Å². The number of anilines is 1. The van der Waals surface area contributed by atoms with Crippen LogP contribution >= 0.6 is 0 Å². The van der Waals surface area contributed by atoms with Gasteiger partial charge in [0.1, 0.15) is 28.8 Å². The van der Waals surface area contributed by atoms with Crippen LogP contribution in [0.4, 0.5) is 14.9 Å². The van der Waals surface area contributed by atoms with Gasteiger partial charge in [0.15, 0.2) is 0 Å². The number of ether oxygens (including phenoxy) is 1. The van der Waals surface area contributed by atoms with Crippen molar-refractivity contribution >= 4 is 28.6 Å². The number of benzene rings is 2. The van der Waals surface area contributed by atoms with E-state index < -0.39 is 24.0 Å². The zero-order valence-corrected chi connectivity index (χ0v) is 22.5. The van der Waals surface area contributed by atoms with E-state index in [2.05, 4.69) is 10.3 Å². The number of aromatic nitrogens is 1. The first-order valence-corrected chi connectivity index (χ1v) is 13.1. The van der Waals surface area contributed by atoms with Crippen molar-refractivity contribution in [1.29, 1.82) is 0 Å². The van der Waals surface area contributed by atoms with Crippen LogP contribution in [0.3, 0.4) is 0 Å². The molecule has 3 amide bonds. The minimum atomic E-state index is -0.520. The van der Waals surface area contributed by atoms with Crippen molar-refractivity contribution in [3.05, 3.63) is 78.2 Å². The number of hydrogen-bond donors (Lipinski definition) is 2. The fourth-order valence-electron chi connectivity index (χ4n) is 4.68. The molecule has 0 saturated carbocycles. The molecule has 4 aromatic rings. The van der Waals surface area contributed by atoms with Gasteiger partial charge in [0, 0.05) is 43.8 Å². The lowest BCUT2D eigenvalue weighted by atomic mass is 9.99. The maximum absolute atomic E-state index is 13.7. The first-order valence-electron chi connectivity index (χ1n) is 13.1. The van der Waals surface area contributed by atoms with Gasteiger partial charge in [-0.05, 0) is 49.4 Å². The van der Waals surface area contributed by atoms with Crippen LogP contribution in [0.15, 0.2) is 71.3 Å². The second kappa shape index (κ2) is 11.4. The zero-order chi connectivity index (χ0) is 28.4. The Hall–Kier alpha value is -4.44. The Kier molecular flexibility index (Phi) is 7.70. The van der Waals surface area contributed by atoms with Crippen LogP contribution in [-0.4, -0.2) is 70.7 Å². The van der Waals surface area contributed by atoms with Crippen molar-refractivity contribution in [2.45, 2.75) is 26.0 Å². The lowest BCUT2D eigenvalue weighted by molar-refractivity contribution is 0.0356. The Morgan fingerprint density at radius 1 is 1.25 bits per heavy atom. The largest absolute Gasteiger partial charge is 0.472 e. The predicted molar refractivity (Wildman–Crippen MR) is 151 cm³/mol. The number of nitrogens with one attached hydrogen (secondary N) is 1. The minimum Gasteiger partial charge on any atom is -0.472 e. The van der Waals surface area contributed by atoms with Gasteiger partial charge >= 0.3 is 6.03 Å². The highest BCUT2D eigenvalue weighted by atomic mass is 19.1. The van der Waals surface area contributed by atoms with Crippen molar-refractivity contribution in [3.63, 3.8) is 0 Å². The first kappa shape index (κ1) is 27.1. The van der Waals surface area contributed by atoms with E-state index in [1.165, 1.54) is 29.2 Å². The van der Waals surface area contributed by atoms with Crippen molar-refractivity contribution in [2.75, 3.05) is 32.1 Å². The van der Waals surface area contributed by atoms with E-state index in [0.717, 1.165) is 11.0 Å². The van der Waals surface area contributed by atoms with Gasteiger partial charge in [0.05, 0.1) is 19.2 Å². The molecule has 3 heterocycles. The summed E-state index contributed by atoms with van der Waals surface area (Å²) < 4.78 is 25.5. The summed E-state index contributed by atoms with van der Waals surface area (Å²) in [5.41, 5.74) is 2.04. The number of urea groups is 1. The molecule has 0 saturated heterocycles. The number of aliphatic hydroxyl groups excluding tert-OH is 1. The minimum absolute atomic E-state index is 0. The number of halogens is 1. The maximum Gasteiger partial charge on any atom is 0.321 e. The molecule has 3 atom stereocenters. The Bertz CT molecular complexity index is 1500. The molecule has 0 bridgehead atoms. The summed E-state index contributed by atoms with van der Waals surface area (Å²) >= 11 is 0. The van der Waals surface area contributed by atoms with E-state index in [1.807, 2.05) is 37.3 Å². The van der Waals surface area contributed by atoms with Crippen molar-refractivity contribution in [2.24, 2.45) is 5.92 Å². The van der Waals surface area contributed by atoms with Crippen LogP contribution < -0.4 is 10.1 Å². The number of carbonyl (C=O) groups is 2. The van der Waals surface area contributed by atoms with Crippen LogP contribution in [0.2, 0.25) is 0 Å². The number of aliphatic hydroxyl groups is 1. The molecule has 40 heavy (non-hydrogen) atoms. The highest BCUT2D eigenvalue weighted by Crippen LogP contribution is 2.33. The summed E-state index contributed by atoms with van der Waals surface area (Å²) in [6.45, 7) is 3.98. The third kappa shape index (κ3) is 5.62.